The minimum Gasteiger partial charge on any atom is 1.00 e. The first-order valence-electron chi connectivity index (χ1n) is 0.548. The third kappa shape index (κ3) is 73.3. The van der Waals surface area contributed by atoms with Crippen LogP contribution in [0.25, 0.3) is 0 Å². The summed E-state index contributed by atoms with van der Waals surface area (Å²) in [4.78, 5) is 8.25. The molecule has 0 amide bonds. The fraction of sp³-hybridized carbons (Fsp3) is 0. The summed E-state index contributed by atoms with van der Waals surface area (Å²) in [7, 11) is 0. The Kier molecular flexibility index (Phi) is 24.7. The molecule has 0 unspecified atom stereocenters. The SMILES string of the molecule is O=[N+]([O-])[O-].[InH3].[Na+]. The molecule has 0 saturated carbocycles. The van der Waals surface area contributed by atoms with Gasteiger partial charge in [-0.15, -0.1) is 0 Å². The van der Waals surface area contributed by atoms with E-state index in [0.29, 0.717) is 0 Å². The number of hydrogen-bond donors (Lipinski definition) is 0. The molecule has 0 aromatic carbocycles. The maximum absolute atomic E-state index is 8.25. The largest absolute Gasteiger partial charge is 1.00 e. The predicted octanol–water partition coefficient (Wildman–Crippen LogP) is -4.42. The van der Waals surface area contributed by atoms with Crippen molar-refractivity contribution in [3.05, 3.63) is 15.3 Å². The molecule has 0 N–H and O–H groups in total. The average Bonchev–Trinajstić information content (AvgIpc) is 0.811. The molecule has 0 aliphatic heterocycles. The zero-order chi connectivity index (χ0) is 3.58. The van der Waals surface area contributed by atoms with E-state index in [4.69, 9.17) is 15.3 Å². The van der Waals surface area contributed by atoms with Crippen LogP contribution in [0, 0.1) is 15.3 Å². The second kappa shape index (κ2) is 9.42. The molecular formula is H3InNNaO3. The van der Waals surface area contributed by atoms with Crippen LogP contribution in [-0.2, 0) is 0 Å². The van der Waals surface area contributed by atoms with Crippen molar-refractivity contribution >= 4 is 25.8 Å². The van der Waals surface area contributed by atoms with Gasteiger partial charge in [-0.25, -0.2) is 0 Å². The maximum Gasteiger partial charge on any atom is 1.00 e. The van der Waals surface area contributed by atoms with E-state index >= 15 is 0 Å². The molecule has 0 heterocycles. The molecule has 0 fully saturated rings. The number of hydrogen-bond acceptors (Lipinski definition) is 3. The van der Waals surface area contributed by atoms with Crippen molar-refractivity contribution in [1.29, 1.82) is 0 Å². The second-order valence-corrected chi connectivity index (χ2v) is 0.224. The van der Waals surface area contributed by atoms with Crippen molar-refractivity contribution < 1.29 is 34.6 Å². The molecule has 0 atom stereocenters. The molecular weight excluding hydrogens is 200 g/mol. The summed E-state index contributed by atoms with van der Waals surface area (Å²) in [6.45, 7) is 0. The minimum absolute atomic E-state index is 0. The normalized spacial score (nSPS) is 4.00. The van der Waals surface area contributed by atoms with Crippen LogP contribution in [0.5, 0.6) is 0 Å². The van der Waals surface area contributed by atoms with Crippen molar-refractivity contribution in [2.45, 2.75) is 0 Å². The Hall–Kier alpha value is 1.07. The van der Waals surface area contributed by atoms with Gasteiger partial charge in [-0.05, 0) is 0 Å². The quantitative estimate of drug-likeness (QED) is 0.226. The summed E-state index contributed by atoms with van der Waals surface area (Å²) < 4.78 is 0. The monoisotopic (exact) mass is 203 g/mol. The Balaban J connectivity index is -0.0000000450. The van der Waals surface area contributed by atoms with Gasteiger partial charge in [0.1, 0.15) is 0 Å². The van der Waals surface area contributed by atoms with Crippen molar-refractivity contribution in [2.24, 2.45) is 0 Å². The van der Waals surface area contributed by atoms with Gasteiger partial charge < -0.3 is 15.3 Å². The zero-order valence-corrected chi connectivity index (χ0v) is 4.67. The Labute approximate surface area is 75.1 Å². The van der Waals surface area contributed by atoms with E-state index in [0.717, 1.165) is 0 Å². The van der Waals surface area contributed by atoms with Crippen molar-refractivity contribution in [3.8, 4) is 0 Å². The van der Waals surface area contributed by atoms with Crippen LogP contribution in [0.15, 0.2) is 0 Å². The van der Waals surface area contributed by atoms with E-state index in [1.165, 1.54) is 0 Å². The Morgan fingerprint density at radius 2 is 1.33 bits per heavy atom. The molecule has 6 heavy (non-hydrogen) atoms. The van der Waals surface area contributed by atoms with Crippen molar-refractivity contribution in [1.82, 2.24) is 0 Å². The third-order valence-electron chi connectivity index (χ3n) is 0. The summed E-state index contributed by atoms with van der Waals surface area (Å²) in [6.07, 6.45) is 0. The van der Waals surface area contributed by atoms with Crippen molar-refractivity contribution in [3.63, 3.8) is 0 Å². The van der Waals surface area contributed by atoms with Gasteiger partial charge in [0.15, 0.2) is 0 Å². The molecule has 0 aliphatic rings. The van der Waals surface area contributed by atoms with Gasteiger partial charge in [-0.3, -0.25) is 0 Å². The number of nitrogens with zero attached hydrogens (tertiary/aromatic N) is 1. The topological polar surface area (TPSA) is 66.2 Å². The van der Waals surface area contributed by atoms with Crippen LogP contribution < -0.4 is 29.6 Å². The van der Waals surface area contributed by atoms with Gasteiger partial charge in [0, 0.05) is 0 Å². The van der Waals surface area contributed by atoms with Gasteiger partial charge in [-0.1, -0.05) is 0 Å². The van der Waals surface area contributed by atoms with Crippen LogP contribution in [0.2, 0.25) is 0 Å². The van der Waals surface area contributed by atoms with E-state index in [9.17, 15) is 0 Å². The molecule has 0 bridgehead atoms. The molecule has 0 aromatic rings. The molecule has 0 radical (unpaired) electrons. The standard InChI is InChI=1S/In.NO3.Na.3H/c;2-1(3)4;;;;/q;-1;+1;;;. The molecule has 0 rings (SSSR count). The van der Waals surface area contributed by atoms with E-state index in [1.807, 2.05) is 0 Å². The zero-order valence-electron chi connectivity index (χ0n) is 2.67. The van der Waals surface area contributed by atoms with Crippen LogP contribution in [-0.4, -0.2) is 30.9 Å². The third-order valence-corrected chi connectivity index (χ3v) is 0. The van der Waals surface area contributed by atoms with Crippen LogP contribution in [0.3, 0.4) is 0 Å². The van der Waals surface area contributed by atoms with Gasteiger partial charge in [0.25, 0.3) is 0 Å². The summed E-state index contributed by atoms with van der Waals surface area (Å²) in [6, 6.07) is 0. The summed E-state index contributed by atoms with van der Waals surface area (Å²) in [5, 5.41) is 14.8. The first kappa shape index (κ1) is 15.7. The molecule has 30 valence electrons. The molecule has 0 saturated heterocycles. The Morgan fingerprint density at radius 1 is 1.33 bits per heavy atom. The van der Waals surface area contributed by atoms with Gasteiger partial charge in [0.05, 0.1) is 5.09 Å². The second-order valence-electron chi connectivity index (χ2n) is 0.224. The van der Waals surface area contributed by atoms with Crippen LogP contribution >= 0.6 is 0 Å². The Bertz CT molecular complexity index is 33.8. The van der Waals surface area contributed by atoms with Crippen molar-refractivity contribution in [2.75, 3.05) is 0 Å². The molecule has 4 nitrogen and oxygen atoms in total. The summed E-state index contributed by atoms with van der Waals surface area (Å²) >= 11 is 0. The first-order valence-corrected chi connectivity index (χ1v) is 0.548. The molecule has 0 aliphatic carbocycles. The molecule has 6 heteroatoms. The fourth-order valence-electron chi connectivity index (χ4n) is 0. The van der Waals surface area contributed by atoms with E-state index < -0.39 is 5.09 Å². The van der Waals surface area contributed by atoms with Gasteiger partial charge in [-0.2, -0.15) is 0 Å². The first-order chi connectivity index (χ1) is 1.73. The summed E-state index contributed by atoms with van der Waals surface area (Å²) in [5.74, 6) is 0. The van der Waals surface area contributed by atoms with Gasteiger partial charge in [0.2, 0.25) is 0 Å². The maximum atomic E-state index is 8.25. The van der Waals surface area contributed by atoms with Gasteiger partial charge >= 0.3 is 55.4 Å². The van der Waals surface area contributed by atoms with E-state index in [1.54, 1.807) is 0 Å². The Morgan fingerprint density at radius 3 is 1.33 bits per heavy atom. The molecule has 0 aromatic heterocycles. The van der Waals surface area contributed by atoms with Crippen LogP contribution in [0.4, 0.5) is 0 Å². The predicted molar refractivity (Wildman–Crippen MR) is 20.3 cm³/mol. The molecule has 0 spiro atoms. The van der Waals surface area contributed by atoms with Crippen LogP contribution in [0.1, 0.15) is 0 Å². The minimum atomic E-state index is -1.75. The number of rotatable bonds is 0. The average molecular weight is 203 g/mol. The van der Waals surface area contributed by atoms with E-state index in [-0.39, 0.29) is 55.4 Å². The smallest absolute Gasteiger partial charge is 1.00 e. The van der Waals surface area contributed by atoms with E-state index in [2.05, 4.69) is 0 Å². The fourth-order valence-corrected chi connectivity index (χ4v) is 0. The summed E-state index contributed by atoms with van der Waals surface area (Å²) in [5.41, 5.74) is 0.